The van der Waals surface area contributed by atoms with Crippen molar-refractivity contribution >= 4 is 5.91 Å². The number of hydrogen-bond acceptors (Lipinski definition) is 3. The highest BCUT2D eigenvalue weighted by atomic mass is 16.5. The second-order valence-corrected chi connectivity index (χ2v) is 7.89. The normalized spacial score (nSPS) is 25.2. The van der Waals surface area contributed by atoms with Gasteiger partial charge in [0.25, 0.3) is 0 Å². The van der Waals surface area contributed by atoms with Gasteiger partial charge in [0.1, 0.15) is 11.4 Å². The Balaban J connectivity index is 1.59. The predicted octanol–water partition coefficient (Wildman–Crippen LogP) is 3.14. The molecular formula is C20H30N2O2. The van der Waals surface area contributed by atoms with Gasteiger partial charge in [-0.25, -0.2) is 0 Å². The van der Waals surface area contributed by atoms with Gasteiger partial charge >= 0.3 is 0 Å². The van der Waals surface area contributed by atoms with Crippen molar-refractivity contribution in [3.8, 4) is 5.75 Å². The molecule has 1 saturated heterocycles. The molecule has 0 unspecified atom stereocenters. The van der Waals surface area contributed by atoms with E-state index in [1.54, 1.807) is 6.92 Å². The number of nitrogens with zero attached hydrogens (tertiary/aromatic N) is 1. The molecule has 0 spiro atoms. The van der Waals surface area contributed by atoms with Crippen molar-refractivity contribution in [2.45, 2.75) is 65.1 Å². The van der Waals surface area contributed by atoms with Crippen molar-refractivity contribution < 1.29 is 9.53 Å². The molecule has 0 radical (unpaired) electrons. The summed E-state index contributed by atoms with van der Waals surface area (Å²) >= 11 is 0. The summed E-state index contributed by atoms with van der Waals surface area (Å²) in [7, 11) is 0. The highest BCUT2D eigenvalue weighted by molar-refractivity contribution is 5.73. The third-order valence-corrected chi connectivity index (χ3v) is 5.40. The van der Waals surface area contributed by atoms with Crippen LogP contribution in [0.15, 0.2) is 18.2 Å². The van der Waals surface area contributed by atoms with Crippen molar-refractivity contribution in [3.63, 3.8) is 0 Å². The number of carbonyl (C=O) groups excluding carboxylic acids is 1. The van der Waals surface area contributed by atoms with Crippen LogP contribution in [-0.2, 0) is 17.8 Å². The first kappa shape index (κ1) is 17.3. The average Bonchev–Trinajstić information content (AvgIpc) is 2.85. The second kappa shape index (κ2) is 6.75. The number of fused-ring (bicyclic) bond motifs is 1. The average molecular weight is 330 g/mol. The molecule has 1 fully saturated rings. The summed E-state index contributed by atoms with van der Waals surface area (Å²) in [4.78, 5) is 13.6. The van der Waals surface area contributed by atoms with Gasteiger partial charge in [0.05, 0.1) is 0 Å². The van der Waals surface area contributed by atoms with E-state index in [0.717, 1.165) is 44.6 Å². The van der Waals surface area contributed by atoms with Crippen molar-refractivity contribution in [3.05, 3.63) is 29.3 Å². The number of benzene rings is 1. The number of rotatable bonds is 4. The number of amides is 1. The first-order valence-electron chi connectivity index (χ1n) is 9.17. The number of carbonyl (C=O) groups is 1. The minimum Gasteiger partial charge on any atom is -0.487 e. The number of ether oxygens (including phenoxy) is 1. The lowest BCUT2D eigenvalue weighted by Gasteiger charge is -2.38. The van der Waals surface area contributed by atoms with Crippen LogP contribution >= 0.6 is 0 Å². The molecule has 3 rings (SSSR count). The number of nitrogens with one attached hydrogen (secondary N) is 1. The molecule has 4 heteroatoms. The molecule has 0 aromatic heterocycles. The zero-order valence-electron chi connectivity index (χ0n) is 15.4. The first-order chi connectivity index (χ1) is 11.4. The van der Waals surface area contributed by atoms with Gasteiger partial charge in [-0.1, -0.05) is 25.5 Å². The summed E-state index contributed by atoms with van der Waals surface area (Å²) in [6.45, 7) is 10.8. The molecular weight excluding hydrogens is 300 g/mol. The number of piperidine rings is 1. The van der Waals surface area contributed by atoms with Gasteiger partial charge in [0.15, 0.2) is 0 Å². The molecule has 0 aliphatic carbocycles. The first-order valence-corrected chi connectivity index (χ1v) is 9.17. The smallest absolute Gasteiger partial charge is 0.219 e. The molecule has 132 valence electrons. The van der Waals surface area contributed by atoms with Gasteiger partial charge in [0.2, 0.25) is 5.91 Å². The van der Waals surface area contributed by atoms with E-state index in [-0.39, 0.29) is 11.5 Å². The van der Waals surface area contributed by atoms with Gasteiger partial charge in [0, 0.05) is 39.0 Å². The molecule has 1 aromatic rings. The lowest BCUT2D eigenvalue weighted by atomic mass is 9.89. The van der Waals surface area contributed by atoms with Crippen molar-refractivity contribution in [2.75, 3.05) is 13.1 Å². The lowest BCUT2D eigenvalue weighted by molar-refractivity contribution is -0.131. The fraction of sp³-hybridized carbons (Fsp3) is 0.650. The van der Waals surface area contributed by atoms with Gasteiger partial charge < -0.3 is 15.0 Å². The van der Waals surface area contributed by atoms with Crippen LogP contribution in [0.2, 0.25) is 0 Å². The maximum absolute atomic E-state index is 11.6. The summed E-state index contributed by atoms with van der Waals surface area (Å²) in [5.41, 5.74) is 2.55. The molecule has 1 aromatic carbocycles. The number of likely N-dealkylation sites (tertiary alicyclic amines) is 1. The van der Waals surface area contributed by atoms with Crippen LogP contribution in [0.5, 0.6) is 5.75 Å². The fourth-order valence-electron chi connectivity index (χ4n) is 4.02. The van der Waals surface area contributed by atoms with E-state index >= 15 is 0 Å². The lowest BCUT2D eigenvalue weighted by Crippen LogP contribution is -2.50. The van der Waals surface area contributed by atoms with Crippen molar-refractivity contribution in [1.82, 2.24) is 10.2 Å². The van der Waals surface area contributed by atoms with E-state index in [9.17, 15) is 4.79 Å². The Kier molecular flexibility index (Phi) is 4.86. The van der Waals surface area contributed by atoms with Crippen LogP contribution < -0.4 is 10.1 Å². The van der Waals surface area contributed by atoms with Crippen LogP contribution in [0.3, 0.4) is 0 Å². The standard InChI is InChI=1S/C20H30N2O2/c1-5-16-13-22(14(2)23)9-8-18(16)21-12-15-6-7-19-17(10-15)11-20(3,4)24-19/h6-7,10,16,18,21H,5,8-9,11-13H2,1-4H3/t16-,18-/m1/s1. The summed E-state index contributed by atoms with van der Waals surface area (Å²) in [6.07, 6.45) is 3.12. The highest BCUT2D eigenvalue weighted by Gasteiger charge is 2.31. The zero-order valence-corrected chi connectivity index (χ0v) is 15.4. The molecule has 1 amide bonds. The molecule has 0 saturated carbocycles. The van der Waals surface area contributed by atoms with Crippen LogP contribution in [0.1, 0.15) is 51.7 Å². The third kappa shape index (κ3) is 3.75. The zero-order chi connectivity index (χ0) is 17.3. The second-order valence-electron chi connectivity index (χ2n) is 7.89. The molecule has 1 N–H and O–H groups in total. The molecule has 2 heterocycles. The summed E-state index contributed by atoms with van der Waals surface area (Å²) in [5, 5.41) is 3.73. The fourth-order valence-corrected chi connectivity index (χ4v) is 4.02. The maximum atomic E-state index is 11.6. The minimum atomic E-state index is -0.0821. The Labute approximate surface area is 145 Å². The maximum Gasteiger partial charge on any atom is 0.219 e. The van der Waals surface area contributed by atoms with E-state index < -0.39 is 0 Å². The quantitative estimate of drug-likeness (QED) is 0.922. The van der Waals surface area contributed by atoms with Crippen LogP contribution in [0, 0.1) is 5.92 Å². The van der Waals surface area contributed by atoms with Gasteiger partial charge in [-0.15, -0.1) is 0 Å². The molecule has 24 heavy (non-hydrogen) atoms. The molecule has 2 aliphatic rings. The Morgan fingerprint density at radius 3 is 2.92 bits per heavy atom. The topological polar surface area (TPSA) is 41.6 Å². The van der Waals surface area contributed by atoms with Gasteiger partial charge in [-0.3, -0.25) is 4.79 Å². The van der Waals surface area contributed by atoms with Crippen LogP contribution in [0.25, 0.3) is 0 Å². The van der Waals surface area contributed by atoms with E-state index in [2.05, 4.69) is 44.3 Å². The Morgan fingerprint density at radius 1 is 1.42 bits per heavy atom. The van der Waals surface area contributed by atoms with Gasteiger partial charge in [-0.05, 0) is 43.4 Å². The van der Waals surface area contributed by atoms with Gasteiger partial charge in [-0.2, -0.15) is 0 Å². The van der Waals surface area contributed by atoms with Crippen molar-refractivity contribution in [2.24, 2.45) is 5.92 Å². The van der Waals surface area contributed by atoms with Crippen LogP contribution in [-0.4, -0.2) is 35.5 Å². The molecule has 4 nitrogen and oxygen atoms in total. The Morgan fingerprint density at radius 2 is 2.21 bits per heavy atom. The minimum absolute atomic E-state index is 0.0821. The van der Waals surface area contributed by atoms with Crippen LogP contribution in [0.4, 0.5) is 0 Å². The van der Waals surface area contributed by atoms with Crippen molar-refractivity contribution in [1.29, 1.82) is 0 Å². The molecule has 2 atom stereocenters. The monoisotopic (exact) mass is 330 g/mol. The Hall–Kier alpha value is -1.55. The summed E-state index contributed by atoms with van der Waals surface area (Å²) in [5.74, 6) is 1.78. The van der Waals surface area contributed by atoms with E-state index in [1.807, 2.05) is 4.90 Å². The third-order valence-electron chi connectivity index (χ3n) is 5.40. The molecule has 2 aliphatic heterocycles. The number of hydrogen-bond donors (Lipinski definition) is 1. The molecule has 0 bridgehead atoms. The summed E-state index contributed by atoms with van der Waals surface area (Å²) in [6, 6.07) is 7.05. The summed E-state index contributed by atoms with van der Waals surface area (Å²) < 4.78 is 5.95. The Bertz CT molecular complexity index is 612. The van der Waals surface area contributed by atoms with E-state index in [4.69, 9.17) is 4.74 Å². The largest absolute Gasteiger partial charge is 0.487 e. The van der Waals surface area contributed by atoms with E-state index in [0.29, 0.717) is 12.0 Å². The SMILES string of the molecule is CC[C@@H]1CN(C(C)=O)CC[C@H]1NCc1ccc2c(c1)CC(C)(C)O2. The van der Waals surface area contributed by atoms with E-state index in [1.165, 1.54) is 11.1 Å². The highest BCUT2D eigenvalue weighted by Crippen LogP contribution is 2.35. The predicted molar refractivity (Wildman–Crippen MR) is 96.1 cm³/mol.